The van der Waals surface area contributed by atoms with Crippen LogP contribution in [0.4, 0.5) is 11.4 Å². The molecule has 0 aliphatic heterocycles. The van der Waals surface area contributed by atoms with Crippen molar-refractivity contribution >= 4 is 39.2 Å². The molecule has 2 N–H and O–H groups in total. The molecule has 0 aliphatic rings. The van der Waals surface area contributed by atoms with Crippen LogP contribution in [-0.2, 0) is 9.53 Å². The maximum Gasteiger partial charge on any atom is 0.338 e. The highest BCUT2D eigenvalue weighted by molar-refractivity contribution is 9.10. The monoisotopic (exact) mass is 376 g/mol. The molecule has 6 heteroatoms. The molecule has 1 amide bonds. The molecule has 0 saturated carbocycles. The lowest BCUT2D eigenvalue weighted by molar-refractivity contribution is -0.114. The van der Waals surface area contributed by atoms with Gasteiger partial charge in [-0.3, -0.25) is 4.79 Å². The van der Waals surface area contributed by atoms with Crippen LogP contribution in [0.3, 0.4) is 0 Å². The third kappa shape index (κ3) is 5.10. The van der Waals surface area contributed by atoms with Crippen LogP contribution in [-0.4, -0.2) is 25.0 Å². The number of amides is 1. The van der Waals surface area contributed by atoms with E-state index in [2.05, 4.69) is 26.6 Å². The Morgan fingerprint density at radius 3 is 2.43 bits per heavy atom. The second kappa shape index (κ2) is 8.33. The van der Waals surface area contributed by atoms with Crippen LogP contribution in [0.1, 0.15) is 17.3 Å². The Kier molecular flexibility index (Phi) is 6.17. The van der Waals surface area contributed by atoms with Gasteiger partial charge in [-0.2, -0.15) is 0 Å². The molecule has 0 radical (unpaired) electrons. The Labute approximate surface area is 143 Å². The molecule has 0 fully saturated rings. The van der Waals surface area contributed by atoms with Gasteiger partial charge in [0.05, 0.1) is 24.4 Å². The van der Waals surface area contributed by atoms with Crippen molar-refractivity contribution in [3.8, 4) is 0 Å². The summed E-state index contributed by atoms with van der Waals surface area (Å²) in [7, 11) is 0. The van der Waals surface area contributed by atoms with Gasteiger partial charge in [0.2, 0.25) is 5.91 Å². The van der Waals surface area contributed by atoms with Crippen molar-refractivity contribution < 1.29 is 14.3 Å². The molecule has 23 heavy (non-hydrogen) atoms. The largest absolute Gasteiger partial charge is 0.462 e. The van der Waals surface area contributed by atoms with E-state index in [9.17, 15) is 9.59 Å². The van der Waals surface area contributed by atoms with Crippen LogP contribution in [0.15, 0.2) is 53.0 Å². The van der Waals surface area contributed by atoms with Gasteiger partial charge in [-0.05, 0) is 59.3 Å². The van der Waals surface area contributed by atoms with Crippen LogP contribution >= 0.6 is 15.9 Å². The second-order valence-electron chi connectivity index (χ2n) is 4.68. The third-order valence-corrected chi connectivity index (χ3v) is 3.69. The minimum Gasteiger partial charge on any atom is -0.462 e. The van der Waals surface area contributed by atoms with E-state index in [1.54, 1.807) is 31.2 Å². The second-order valence-corrected chi connectivity index (χ2v) is 5.53. The van der Waals surface area contributed by atoms with Crippen molar-refractivity contribution in [2.75, 3.05) is 23.8 Å². The molecule has 0 unspecified atom stereocenters. The fourth-order valence-corrected chi connectivity index (χ4v) is 2.26. The quantitative estimate of drug-likeness (QED) is 0.754. The number of carbonyl (C=O) groups is 2. The van der Waals surface area contributed by atoms with Crippen molar-refractivity contribution in [2.45, 2.75) is 6.92 Å². The van der Waals surface area contributed by atoms with E-state index in [1.165, 1.54) is 0 Å². The maximum atomic E-state index is 11.9. The maximum absolute atomic E-state index is 11.9. The molecule has 0 aromatic heterocycles. The number of halogens is 1. The summed E-state index contributed by atoms with van der Waals surface area (Å²) < 4.78 is 5.74. The fourth-order valence-electron chi connectivity index (χ4n) is 1.88. The Hall–Kier alpha value is -2.34. The number of hydrogen-bond donors (Lipinski definition) is 2. The first kappa shape index (κ1) is 17.0. The molecule has 5 nitrogen and oxygen atoms in total. The molecular weight excluding hydrogens is 360 g/mol. The van der Waals surface area contributed by atoms with Gasteiger partial charge in [-0.15, -0.1) is 0 Å². The first-order chi connectivity index (χ1) is 11.1. The van der Waals surface area contributed by atoms with Crippen molar-refractivity contribution in [1.29, 1.82) is 0 Å². The average Bonchev–Trinajstić information content (AvgIpc) is 2.56. The number of anilines is 2. The summed E-state index contributed by atoms with van der Waals surface area (Å²) in [5.41, 5.74) is 1.95. The summed E-state index contributed by atoms with van der Waals surface area (Å²) >= 11 is 3.38. The lowest BCUT2D eigenvalue weighted by Crippen LogP contribution is -2.21. The average molecular weight is 377 g/mol. The number of ether oxygens (including phenoxy) is 1. The summed E-state index contributed by atoms with van der Waals surface area (Å²) in [6.45, 7) is 2.23. The van der Waals surface area contributed by atoms with Gasteiger partial charge >= 0.3 is 5.97 Å². The van der Waals surface area contributed by atoms with Crippen molar-refractivity contribution in [2.24, 2.45) is 0 Å². The number of hydrogen-bond acceptors (Lipinski definition) is 4. The number of esters is 1. The third-order valence-electron chi connectivity index (χ3n) is 3.00. The first-order valence-corrected chi connectivity index (χ1v) is 7.95. The summed E-state index contributed by atoms with van der Waals surface area (Å²) in [6.07, 6.45) is 0. The molecule has 2 rings (SSSR count). The molecule has 120 valence electrons. The molecule has 2 aromatic carbocycles. The minimum absolute atomic E-state index is 0.125. The summed E-state index contributed by atoms with van der Waals surface area (Å²) in [6, 6.07) is 14.2. The summed E-state index contributed by atoms with van der Waals surface area (Å²) in [5, 5.41) is 5.81. The van der Waals surface area contributed by atoms with E-state index in [-0.39, 0.29) is 18.4 Å². The van der Waals surface area contributed by atoms with Gasteiger partial charge in [0.15, 0.2) is 0 Å². The van der Waals surface area contributed by atoms with Crippen molar-refractivity contribution in [3.63, 3.8) is 0 Å². The van der Waals surface area contributed by atoms with E-state index in [1.807, 2.05) is 24.3 Å². The van der Waals surface area contributed by atoms with E-state index in [0.29, 0.717) is 12.2 Å². The van der Waals surface area contributed by atoms with Crippen LogP contribution < -0.4 is 10.6 Å². The molecule has 0 atom stereocenters. The number of rotatable bonds is 6. The van der Waals surface area contributed by atoms with Crippen LogP contribution in [0.25, 0.3) is 0 Å². The number of para-hydroxylation sites is 1. The van der Waals surface area contributed by atoms with Crippen LogP contribution in [0.5, 0.6) is 0 Å². The van der Waals surface area contributed by atoms with Gasteiger partial charge in [-0.25, -0.2) is 4.79 Å². The highest BCUT2D eigenvalue weighted by atomic mass is 79.9. The van der Waals surface area contributed by atoms with Gasteiger partial charge in [0, 0.05) is 10.2 Å². The standard InChI is InChI=1S/C17H17BrN2O3/c1-2-23-17(22)12-7-9-13(10-8-12)19-11-16(21)20-15-6-4-3-5-14(15)18/h3-10,19H,2,11H2,1H3,(H,20,21). The zero-order chi connectivity index (χ0) is 16.7. The molecule has 2 aromatic rings. The molecular formula is C17H17BrN2O3. The summed E-state index contributed by atoms with van der Waals surface area (Å²) in [5.74, 6) is -0.517. The van der Waals surface area contributed by atoms with Gasteiger partial charge < -0.3 is 15.4 Å². The Morgan fingerprint density at radius 2 is 1.78 bits per heavy atom. The topological polar surface area (TPSA) is 67.4 Å². The molecule has 0 aliphatic carbocycles. The molecule has 0 spiro atoms. The predicted molar refractivity (Wildman–Crippen MR) is 93.7 cm³/mol. The zero-order valence-electron chi connectivity index (χ0n) is 12.6. The van der Waals surface area contributed by atoms with Crippen LogP contribution in [0, 0.1) is 0 Å². The number of nitrogens with one attached hydrogen (secondary N) is 2. The minimum atomic E-state index is -0.356. The van der Waals surface area contributed by atoms with Gasteiger partial charge in [-0.1, -0.05) is 12.1 Å². The lowest BCUT2D eigenvalue weighted by atomic mass is 10.2. The Bertz CT molecular complexity index is 686. The highest BCUT2D eigenvalue weighted by Gasteiger charge is 2.07. The van der Waals surface area contributed by atoms with E-state index in [4.69, 9.17) is 4.74 Å². The van der Waals surface area contributed by atoms with Gasteiger partial charge in [0.1, 0.15) is 0 Å². The lowest BCUT2D eigenvalue weighted by Gasteiger charge is -2.09. The first-order valence-electron chi connectivity index (χ1n) is 7.15. The van der Waals surface area contributed by atoms with Crippen LogP contribution in [0.2, 0.25) is 0 Å². The number of benzene rings is 2. The fraction of sp³-hybridized carbons (Fsp3) is 0.176. The van der Waals surface area contributed by atoms with E-state index >= 15 is 0 Å². The summed E-state index contributed by atoms with van der Waals surface area (Å²) in [4.78, 5) is 23.5. The smallest absolute Gasteiger partial charge is 0.338 e. The van der Waals surface area contributed by atoms with Crippen molar-refractivity contribution in [1.82, 2.24) is 0 Å². The van der Waals surface area contributed by atoms with Crippen molar-refractivity contribution in [3.05, 3.63) is 58.6 Å². The van der Waals surface area contributed by atoms with Gasteiger partial charge in [0.25, 0.3) is 0 Å². The highest BCUT2D eigenvalue weighted by Crippen LogP contribution is 2.21. The molecule has 0 saturated heterocycles. The predicted octanol–water partition coefficient (Wildman–Crippen LogP) is 3.68. The molecule has 0 heterocycles. The van der Waals surface area contributed by atoms with E-state index in [0.717, 1.165) is 15.8 Å². The normalized spacial score (nSPS) is 10.0. The zero-order valence-corrected chi connectivity index (χ0v) is 14.2. The SMILES string of the molecule is CCOC(=O)c1ccc(NCC(=O)Nc2ccccc2Br)cc1. The Balaban J connectivity index is 1.87. The molecule has 0 bridgehead atoms. The van der Waals surface area contributed by atoms with E-state index < -0.39 is 0 Å². The number of carbonyl (C=O) groups excluding carboxylic acids is 2. The Morgan fingerprint density at radius 1 is 1.09 bits per heavy atom.